The molecule has 3 rings (SSSR count). The van der Waals surface area contributed by atoms with Crippen molar-refractivity contribution < 1.29 is 17.6 Å². The van der Waals surface area contributed by atoms with Crippen molar-refractivity contribution in [3.05, 3.63) is 82.2 Å². The molecular weight excluding hydrogens is 490 g/mol. The summed E-state index contributed by atoms with van der Waals surface area (Å²) in [5, 5.41) is 5.55. The maximum absolute atomic E-state index is 12.4. The summed E-state index contributed by atoms with van der Waals surface area (Å²) >= 11 is 8.56. The lowest BCUT2D eigenvalue weighted by molar-refractivity contribution is 0.0977. The number of benzene rings is 2. The molecular formula is C20H18BrN3O4S2. The largest absolute Gasteiger partial charge is 0.468 e. The zero-order valence-corrected chi connectivity index (χ0v) is 19.0. The van der Waals surface area contributed by atoms with Gasteiger partial charge in [-0.25, -0.2) is 13.1 Å². The number of sulfonamides is 1. The first-order valence-corrected chi connectivity index (χ1v) is 11.4. The highest BCUT2D eigenvalue weighted by molar-refractivity contribution is 9.10. The Bertz CT molecular complexity index is 1160. The number of halogens is 1. The fourth-order valence-corrected chi connectivity index (χ4v) is 4.03. The minimum Gasteiger partial charge on any atom is -0.468 e. The number of hydrogen-bond donors (Lipinski definition) is 3. The number of carbonyl (C=O) groups is 1. The van der Waals surface area contributed by atoms with Crippen molar-refractivity contribution in [2.75, 3.05) is 5.32 Å². The topological polar surface area (TPSA) is 100 Å². The third kappa shape index (κ3) is 5.76. The molecule has 1 heterocycles. The van der Waals surface area contributed by atoms with Crippen molar-refractivity contribution in [1.82, 2.24) is 10.0 Å². The van der Waals surface area contributed by atoms with E-state index in [4.69, 9.17) is 16.6 Å². The lowest BCUT2D eigenvalue weighted by Crippen LogP contribution is -2.34. The van der Waals surface area contributed by atoms with Crippen LogP contribution < -0.4 is 15.4 Å². The number of amides is 1. The van der Waals surface area contributed by atoms with E-state index in [9.17, 15) is 13.2 Å². The van der Waals surface area contributed by atoms with E-state index >= 15 is 0 Å². The molecule has 0 spiro atoms. The Balaban J connectivity index is 1.58. The molecule has 0 aliphatic carbocycles. The van der Waals surface area contributed by atoms with Crippen LogP contribution in [-0.2, 0) is 16.6 Å². The number of furan rings is 1. The summed E-state index contributed by atoms with van der Waals surface area (Å²) in [5.74, 6) is 0.160. The van der Waals surface area contributed by atoms with Gasteiger partial charge in [-0.2, -0.15) is 0 Å². The second-order valence-corrected chi connectivity index (χ2v) is 9.33. The molecule has 0 aliphatic heterocycles. The van der Waals surface area contributed by atoms with Crippen LogP contribution in [0.2, 0.25) is 0 Å². The van der Waals surface area contributed by atoms with Crippen molar-refractivity contribution in [1.29, 1.82) is 0 Å². The van der Waals surface area contributed by atoms with Gasteiger partial charge in [0.15, 0.2) is 5.11 Å². The normalized spacial score (nSPS) is 11.1. The number of thiocarbonyl (C=S) groups is 1. The molecule has 0 aliphatic rings. The standard InChI is InChI=1S/C20H18BrN3O4S2/c1-13-4-5-14(11-18(13)21)19(25)24-20(29)23-15-6-8-17(9-7-15)30(26,27)22-12-16-3-2-10-28-16/h2-11,22H,12H2,1H3,(H2,23,24,25,29). The van der Waals surface area contributed by atoms with Crippen LogP contribution in [0.5, 0.6) is 0 Å². The van der Waals surface area contributed by atoms with Gasteiger partial charge in [0.1, 0.15) is 5.76 Å². The van der Waals surface area contributed by atoms with Crippen molar-refractivity contribution in [3.8, 4) is 0 Å². The van der Waals surface area contributed by atoms with Gasteiger partial charge < -0.3 is 9.73 Å². The predicted octanol–water partition coefficient (Wildman–Crippen LogP) is 3.96. The predicted molar refractivity (Wildman–Crippen MR) is 122 cm³/mol. The van der Waals surface area contributed by atoms with E-state index < -0.39 is 10.0 Å². The van der Waals surface area contributed by atoms with Gasteiger partial charge in [0, 0.05) is 15.7 Å². The molecule has 2 aromatic carbocycles. The molecule has 0 bridgehead atoms. The van der Waals surface area contributed by atoms with Crippen molar-refractivity contribution in [2.24, 2.45) is 0 Å². The first-order valence-electron chi connectivity index (χ1n) is 8.75. The van der Waals surface area contributed by atoms with Crippen molar-refractivity contribution in [3.63, 3.8) is 0 Å². The number of carbonyl (C=O) groups excluding carboxylic acids is 1. The van der Waals surface area contributed by atoms with Crippen LogP contribution >= 0.6 is 28.1 Å². The summed E-state index contributed by atoms with van der Waals surface area (Å²) in [7, 11) is -3.69. The van der Waals surface area contributed by atoms with Gasteiger partial charge in [0.25, 0.3) is 5.91 Å². The van der Waals surface area contributed by atoms with Crippen LogP contribution in [0.25, 0.3) is 0 Å². The van der Waals surface area contributed by atoms with Gasteiger partial charge in [-0.05, 0) is 73.2 Å². The Kier molecular flexibility index (Phi) is 7.03. The number of aryl methyl sites for hydroxylation is 1. The number of hydrogen-bond acceptors (Lipinski definition) is 5. The number of anilines is 1. The Labute approximate surface area is 188 Å². The van der Waals surface area contributed by atoms with Gasteiger partial charge in [-0.3, -0.25) is 10.1 Å². The highest BCUT2D eigenvalue weighted by Crippen LogP contribution is 2.18. The van der Waals surface area contributed by atoms with E-state index in [0.29, 0.717) is 17.0 Å². The summed E-state index contributed by atoms with van der Waals surface area (Å²) in [6.07, 6.45) is 1.48. The maximum Gasteiger partial charge on any atom is 0.257 e. The zero-order valence-electron chi connectivity index (χ0n) is 15.8. The molecule has 0 saturated carbocycles. The molecule has 10 heteroatoms. The molecule has 1 amide bonds. The lowest BCUT2D eigenvalue weighted by atomic mass is 10.1. The Morgan fingerprint density at radius 1 is 1.13 bits per heavy atom. The molecule has 0 saturated heterocycles. The minimum absolute atomic E-state index is 0.0561. The van der Waals surface area contributed by atoms with E-state index in [1.165, 1.54) is 18.4 Å². The summed E-state index contributed by atoms with van der Waals surface area (Å²) in [6, 6.07) is 14.6. The third-order valence-corrected chi connectivity index (χ3v) is 6.58. The highest BCUT2D eigenvalue weighted by Gasteiger charge is 2.15. The second-order valence-electron chi connectivity index (χ2n) is 6.30. The minimum atomic E-state index is -3.69. The summed E-state index contributed by atoms with van der Waals surface area (Å²) in [4.78, 5) is 12.4. The van der Waals surface area contributed by atoms with Gasteiger partial charge in [0.05, 0.1) is 17.7 Å². The van der Waals surface area contributed by atoms with Crippen LogP contribution in [0.3, 0.4) is 0 Å². The first-order chi connectivity index (χ1) is 14.2. The molecule has 0 fully saturated rings. The van der Waals surface area contributed by atoms with E-state index in [2.05, 4.69) is 31.3 Å². The number of rotatable bonds is 6. The fourth-order valence-electron chi connectivity index (χ4n) is 2.45. The molecule has 0 radical (unpaired) electrons. The van der Waals surface area contributed by atoms with Crippen LogP contribution in [0.4, 0.5) is 5.69 Å². The van der Waals surface area contributed by atoms with Gasteiger partial charge in [-0.15, -0.1) is 0 Å². The van der Waals surface area contributed by atoms with E-state index in [1.807, 2.05) is 13.0 Å². The third-order valence-electron chi connectivity index (χ3n) is 4.10. The number of nitrogens with one attached hydrogen (secondary N) is 3. The molecule has 0 atom stereocenters. The second kappa shape index (κ2) is 9.52. The monoisotopic (exact) mass is 507 g/mol. The lowest BCUT2D eigenvalue weighted by Gasteiger charge is -2.11. The summed E-state index contributed by atoms with van der Waals surface area (Å²) in [5.41, 5.74) is 2.01. The zero-order chi connectivity index (χ0) is 21.7. The average molecular weight is 508 g/mol. The van der Waals surface area contributed by atoms with Crippen molar-refractivity contribution >= 4 is 54.9 Å². The molecule has 1 aromatic heterocycles. The van der Waals surface area contributed by atoms with Gasteiger partial charge in [0.2, 0.25) is 10.0 Å². The molecule has 3 N–H and O–H groups in total. The quantitative estimate of drug-likeness (QED) is 0.436. The first kappa shape index (κ1) is 22.2. The van der Waals surface area contributed by atoms with E-state index in [1.54, 1.807) is 36.4 Å². The van der Waals surface area contributed by atoms with Crippen LogP contribution in [0.1, 0.15) is 21.7 Å². The average Bonchev–Trinajstić information content (AvgIpc) is 3.22. The SMILES string of the molecule is Cc1ccc(C(=O)NC(=S)Nc2ccc(S(=O)(=O)NCc3ccco3)cc2)cc1Br. The fraction of sp³-hybridized carbons (Fsp3) is 0.100. The molecule has 3 aromatic rings. The summed E-state index contributed by atoms with van der Waals surface area (Å²) < 4.78 is 33.1. The van der Waals surface area contributed by atoms with Crippen LogP contribution in [0, 0.1) is 6.92 Å². The van der Waals surface area contributed by atoms with Crippen LogP contribution in [-0.4, -0.2) is 19.4 Å². The highest BCUT2D eigenvalue weighted by atomic mass is 79.9. The smallest absolute Gasteiger partial charge is 0.257 e. The van der Waals surface area contributed by atoms with Gasteiger partial charge in [-0.1, -0.05) is 22.0 Å². The molecule has 30 heavy (non-hydrogen) atoms. The Morgan fingerprint density at radius 2 is 1.87 bits per heavy atom. The molecule has 7 nitrogen and oxygen atoms in total. The molecule has 0 unspecified atom stereocenters. The van der Waals surface area contributed by atoms with Crippen LogP contribution in [0.15, 0.2) is 74.6 Å². The van der Waals surface area contributed by atoms with E-state index in [-0.39, 0.29) is 22.5 Å². The molecule has 156 valence electrons. The van der Waals surface area contributed by atoms with Gasteiger partial charge >= 0.3 is 0 Å². The maximum atomic E-state index is 12.4. The Hall–Kier alpha value is -2.53. The van der Waals surface area contributed by atoms with E-state index in [0.717, 1.165) is 10.0 Å². The van der Waals surface area contributed by atoms with Crippen molar-refractivity contribution in [2.45, 2.75) is 18.4 Å². The Morgan fingerprint density at radius 3 is 2.50 bits per heavy atom. The summed E-state index contributed by atoms with van der Waals surface area (Å²) in [6.45, 7) is 1.98.